The van der Waals surface area contributed by atoms with Crippen molar-refractivity contribution in [1.82, 2.24) is 0 Å². The van der Waals surface area contributed by atoms with Gasteiger partial charge in [-0.15, -0.1) is 0 Å². The van der Waals surface area contributed by atoms with Crippen molar-refractivity contribution in [2.75, 3.05) is 10.6 Å². The molecule has 0 aliphatic heterocycles. The monoisotopic (exact) mass is 349 g/mol. The average molecular weight is 349 g/mol. The quantitative estimate of drug-likeness (QED) is 0.790. The molecule has 0 radical (unpaired) electrons. The van der Waals surface area contributed by atoms with E-state index < -0.39 is 17.2 Å². The Bertz CT molecular complexity index is 846. The molecule has 0 aromatic heterocycles. The van der Waals surface area contributed by atoms with E-state index >= 15 is 0 Å². The molecule has 0 atom stereocenters. The molecule has 2 N–H and O–H groups in total. The molecule has 2 rings (SSSR count). The lowest BCUT2D eigenvalue weighted by Gasteiger charge is -2.23. The van der Waals surface area contributed by atoms with Gasteiger partial charge in [0.2, 0.25) is 11.8 Å². The first-order valence-corrected chi connectivity index (χ1v) is 8.47. The van der Waals surface area contributed by atoms with Crippen molar-refractivity contribution in [2.24, 2.45) is 5.41 Å². The molecule has 5 heteroatoms. The molecule has 2 aromatic carbocycles. The Labute approximate surface area is 154 Å². The summed E-state index contributed by atoms with van der Waals surface area (Å²) in [5.41, 5.74) is 1.47. The van der Waals surface area contributed by atoms with Crippen LogP contribution >= 0.6 is 0 Å². The highest BCUT2D eigenvalue weighted by molar-refractivity contribution is 6.14. The summed E-state index contributed by atoms with van der Waals surface area (Å²) in [6.45, 7) is 7.33. The van der Waals surface area contributed by atoms with Crippen LogP contribution in [0.2, 0.25) is 0 Å². The molecule has 0 unspecified atom stereocenters. The predicted octanol–water partition coefficient (Wildman–Crippen LogP) is 4.29. The van der Waals surface area contributed by atoms with Crippen molar-refractivity contribution in [2.45, 2.75) is 33.6 Å². The van der Waals surface area contributed by atoms with E-state index in [1.165, 1.54) is 5.56 Å². The topological polar surface area (TPSA) is 82.0 Å². The Kier molecular flexibility index (Phi) is 5.78. The molecule has 0 spiro atoms. The number of nitrogens with zero attached hydrogens (tertiary/aromatic N) is 1. The number of anilines is 2. The third-order valence-electron chi connectivity index (χ3n) is 4.22. The zero-order valence-corrected chi connectivity index (χ0v) is 15.5. The lowest BCUT2D eigenvalue weighted by atomic mass is 9.90. The Morgan fingerprint density at radius 1 is 0.962 bits per heavy atom. The van der Waals surface area contributed by atoms with E-state index in [1.807, 2.05) is 30.3 Å². The number of amides is 2. The van der Waals surface area contributed by atoms with Gasteiger partial charge in [-0.05, 0) is 55.7 Å². The van der Waals surface area contributed by atoms with E-state index in [1.54, 1.807) is 38.1 Å². The highest BCUT2D eigenvalue weighted by Crippen LogP contribution is 2.23. The molecule has 2 amide bonds. The van der Waals surface area contributed by atoms with Crippen molar-refractivity contribution >= 4 is 23.2 Å². The van der Waals surface area contributed by atoms with Crippen molar-refractivity contribution in [3.63, 3.8) is 0 Å². The van der Waals surface area contributed by atoms with Crippen molar-refractivity contribution in [3.05, 3.63) is 59.7 Å². The summed E-state index contributed by atoms with van der Waals surface area (Å²) in [4.78, 5) is 25.1. The van der Waals surface area contributed by atoms with Crippen LogP contribution in [0.3, 0.4) is 0 Å². The van der Waals surface area contributed by atoms with Gasteiger partial charge in [0, 0.05) is 11.4 Å². The maximum Gasteiger partial charge on any atom is 0.239 e. The van der Waals surface area contributed by atoms with Gasteiger partial charge in [0.25, 0.3) is 0 Å². The normalized spacial score (nSPS) is 10.9. The number of rotatable bonds is 5. The summed E-state index contributed by atoms with van der Waals surface area (Å²) in [5, 5.41) is 14.4. The molecule has 0 fully saturated rings. The second-order valence-corrected chi connectivity index (χ2v) is 7.00. The first-order valence-electron chi connectivity index (χ1n) is 8.47. The van der Waals surface area contributed by atoms with Crippen LogP contribution in [0, 0.1) is 16.7 Å². The fourth-order valence-electron chi connectivity index (χ4n) is 2.30. The van der Waals surface area contributed by atoms with Crippen LogP contribution in [0.1, 0.15) is 44.7 Å². The third-order valence-corrected chi connectivity index (χ3v) is 4.22. The van der Waals surface area contributed by atoms with Gasteiger partial charge in [0.05, 0.1) is 11.6 Å². The summed E-state index contributed by atoms with van der Waals surface area (Å²) in [6.07, 6.45) is 0. The number of hydrogen-bond acceptors (Lipinski definition) is 3. The van der Waals surface area contributed by atoms with Gasteiger partial charge >= 0.3 is 0 Å². The number of carbonyl (C=O) groups is 2. The van der Waals surface area contributed by atoms with E-state index in [-0.39, 0.29) is 0 Å². The number of nitriles is 1. The summed E-state index contributed by atoms with van der Waals surface area (Å²) in [6, 6.07) is 16.2. The van der Waals surface area contributed by atoms with Gasteiger partial charge in [-0.1, -0.05) is 32.0 Å². The number of hydrogen-bond donors (Lipinski definition) is 2. The molecule has 26 heavy (non-hydrogen) atoms. The van der Waals surface area contributed by atoms with Gasteiger partial charge < -0.3 is 10.6 Å². The Hall–Kier alpha value is -3.13. The SMILES string of the molecule is CC(C)c1ccc(NC(=O)C(C)(C)C(=O)Nc2cccc(C#N)c2)cc1. The van der Waals surface area contributed by atoms with Gasteiger partial charge in [-0.25, -0.2) is 0 Å². The zero-order chi connectivity index (χ0) is 19.3. The molecule has 0 aliphatic rings. The minimum Gasteiger partial charge on any atom is -0.325 e. The minimum atomic E-state index is -1.28. The number of benzene rings is 2. The van der Waals surface area contributed by atoms with Crippen LogP contribution in [0.25, 0.3) is 0 Å². The van der Waals surface area contributed by atoms with Gasteiger partial charge in [0.15, 0.2) is 0 Å². The summed E-state index contributed by atoms with van der Waals surface area (Å²) >= 11 is 0. The van der Waals surface area contributed by atoms with Crippen molar-refractivity contribution in [3.8, 4) is 6.07 Å². The van der Waals surface area contributed by atoms with E-state index in [9.17, 15) is 9.59 Å². The Morgan fingerprint density at radius 2 is 1.54 bits per heavy atom. The highest BCUT2D eigenvalue weighted by Gasteiger charge is 2.36. The second-order valence-electron chi connectivity index (χ2n) is 7.00. The standard InChI is InChI=1S/C21H23N3O2/c1-14(2)16-8-10-17(11-9-16)23-19(25)21(3,4)20(26)24-18-7-5-6-15(12-18)13-22/h5-12,14H,1-4H3,(H,23,25)(H,24,26). The lowest BCUT2D eigenvalue weighted by Crippen LogP contribution is -2.41. The van der Waals surface area contributed by atoms with Gasteiger partial charge in [-0.2, -0.15) is 5.26 Å². The molecule has 0 bridgehead atoms. The van der Waals surface area contributed by atoms with Crippen LogP contribution in [0.15, 0.2) is 48.5 Å². The molecule has 0 aliphatic carbocycles. The predicted molar refractivity (Wildman–Crippen MR) is 103 cm³/mol. The molecule has 0 saturated heterocycles. The minimum absolute atomic E-state index is 0.399. The largest absolute Gasteiger partial charge is 0.325 e. The maximum absolute atomic E-state index is 12.6. The second kappa shape index (κ2) is 7.83. The van der Waals surface area contributed by atoms with Crippen LogP contribution in [-0.4, -0.2) is 11.8 Å². The third kappa shape index (κ3) is 4.48. The average Bonchev–Trinajstić information content (AvgIpc) is 2.62. The zero-order valence-electron chi connectivity index (χ0n) is 15.5. The molecule has 5 nitrogen and oxygen atoms in total. The van der Waals surface area contributed by atoms with E-state index in [0.717, 1.165) is 0 Å². The smallest absolute Gasteiger partial charge is 0.239 e. The van der Waals surface area contributed by atoms with E-state index in [4.69, 9.17) is 5.26 Å². The first-order chi connectivity index (χ1) is 12.2. The summed E-state index contributed by atoms with van der Waals surface area (Å²) in [5.74, 6) is -0.432. The van der Waals surface area contributed by atoms with E-state index in [2.05, 4.69) is 24.5 Å². The maximum atomic E-state index is 12.6. The highest BCUT2D eigenvalue weighted by atomic mass is 16.2. The number of nitrogens with one attached hydrogen (secondary N) is 2. The van der Waals surface area contributed by atoms with E-state index in [0.29, 0.717) is 22.9 Å². The van der Waals surface area contributed by atoms with Crippen molar-refractivity contribution < 1.29 is 9.59 Å². The molecular formula is C21H23N3O2. The van der Waals surface area contributed by atoms with Crippen LogP contribution in [0.4, 0.5) is 11.4 Å². The molecular weight excluding hydrogens is 326 g/mol. The van der Waals surface area contributed by atoms with Crippen LogP contribution < -0.4 is 10.6 Å². The van der Waals surface area contributed by atoms with Crippen LogP contribution in [0.5, 0.6) is 0 Å². The summed E-state index contributed by atoms with van der Waals surface area (Å²) in [7, 11) is 0. The molecule has 0 heterocycles. The lowest BCUT2D eigenvalue weighted by molar-refractivity contribution is -0.135. The fourth-order valence-corrected chi connectivity index (χ4v) is 2.30. The van der Waals surface area contributed by atoms with Crippen LogP contribution in [-0.2, 0) is 9.59 Å². The van der Waals surface area contributed by atoms with Gasteiger partial charge in [-0.3, -0.25) is 9.59 Å². The summed E-state index contributed by atoms with van der Waals surface area (Å²) < 4.78 is 0. The van der Waals surface area contributed by atoms with Gasteiger partial charge in [0.1, 0.15) is 5.41 Å². The molecule has 0 saturated carbocycles. The van der Waals surface area contributed by atoms with Crippen molar-refractivity contribution in [1.29, 1.82) is 5.26 Å². The molecule has 2 aromatic rings. The first kappa shape index (κ1) is 19.2. The Morgan fingerprint density at radius 3 is 2.08 bits per heavy atom. The Balaban J connectivity index is 2.08. The fraction of sp³-hybridized carbons (Fsp3) is 0.286. The molecule has 134 valence electrons. The number of carbonyl (C=O) groups excluding carboxylic acids is 2.